The van der Waals surface area contributed by atoms with Crippen LogP contribution in [0.2, 0.25) is 0 Å². The summed E-state index contributed by atoms with van der Waals surface area (Å²) in [6.45, 7) is 8.50. The molecule has 1 aliphatic heterocycles. The van der Waals surface area contributed by atoms with Gasteiger partial charge in [-0.2, -0.15) is 0 Å². The lowest BCUT2D eigenvalue weighted by Gasteiger charge is -2.18. The Hall–Kier alpha value is -3.15. The van der Waals surface area contributed by atoms with E-state index in [1.807, 2.05) is 57.3 Å². The van der Waals surface area contributed by atoms with Gasteiger partial charge in [0.15, 0.2) is 15.5 Å². The first-order valence-electron chi connectivity index (χ1n) is 12.9. The highest BCUT2D eigenvalue weighted by molar-refractivity contribution is 7.91. The number of imidazole rings is 1. The quantitative estimate of drug-likeness (QED) is 0.336. The smallest absolute Gasteiger partial charge is 0.330 e. The third-order valence-electron chi connectivity index (χ3n) is 7.43. The summed E-state index contributed by atoms with van der Waals surface area (Å²) < 4.78 is 32.8. The molecule has 4 aromatic rings. The number of pyridine rings is 1. The van der Waals surface area contributed by atoms with Crippen molar-refractivity contribution in [2.24, 2.45) is 7.05 Å². The third-order valence-corrected chi connectivity index (χ3v) is 9.03. The molecule has 3 aromatic heterocycles. The lowest BCUT2D eigenvalue weighted by Crippen LogP contribution is -2.29. The van der Waals surface area contributed by atoms with Crippen LogP contribution in [-0.2, 0) is 21.6 Å². The van der Waals surface area contributed by atoms with E-state index in [4.69, 9.17) is 4.74 Å². The lowest BCUT2D eigenvalue weighted by molar-refractivity contribution is 0.0492. The van der Waals surface area contributed by atoms with E-state index < -0.39 is 9.84 Å². The van der Waals surface area contributed by atoms with E-state index in [0.29, 0.717) is 31.8 Å². The van der Waals surface area contributed by atoms with Crippen molar-refractivity contribution in [2.75, 3.05) is 32.5 Å². The van der Waals surface area contributed by atoms with E-state index >= 15 is 0 Å². The van der Waals surface area contributed by atoms with Gasteiger partial charge in [0.25, 0.3) is 0 Å². The van der Waals surface area contributed by atoms with Crippen molar-refractivity contribution < 1.29 is 13.2 Å². The summed E-state index contributed by atoms with van der Waals surface area (Å²) in [6, 6.07) is 9.92. The minimum absolute atomic E-state index is 0.0173. The summed E-state index contributed by atoms with van der Waals surface area (Å²) in [5.74, 6) is 0. The van der Waals surface area contributed by atoms with Crippen LogP contribution in [0.25, 0.3) is 33.2 Å². The second kappa shape index (κ2) is 10.2. The molecule has 0 radical (unpaired) electrons. The fourth-order valence-corrected chi connectivity index (χ4v) is 6.18. The zero-order valence-electron chi connectivity index (χ0n) is 22.5. The van der Waals surface area contributed by atoms with Gasteiger partial charge in [-0.1, -0.05) is 12.1 Å². The first kappa shape index (κ1) is 26.5. The summed E-state index contributed by atoms with van der Waals surface area (Å²) in [7, 11) is -1.27. The Balaban J connectivity index is 1.32. The van der Waals surface area contributed by atoms with Crippen LogP contribution in [0.3, 0.4) is 0 Å². The first-order chi connectivity index (χ1) is 18.0. The third kappa shape index (κ3) is 4.97. The monoisotopic (exact) mass is 538 g/mol. The Labute approximate surface area is 222 Å². The average Bonchev–Trinajstić information content (AvgIpc) is 3.47. The fourth-order valence-electron chi connectivity index (χ4n) is 5.16. The topological polar surface area (TPSA) is 112 Å². The Kier molecular flexibility index (Phi) is 7.10. The molecule has 1 fully saturated rings. The molecule has 10 nitrogen and oxygen atoms in total. The number of benzene rings is 1. The molecule has 1 aliphatic rings. The number of nitrogens with zero attached hydrogens (tertiary/aromatic N) is 6. The number of aryl methyl sites for hydroxylation is 1. The zero-order valence-corrected chi connectivity index (χ0v) is 23.3. The minimum atomic E-state index is -2.99. The van der Waals surface area contributed by atoms with Crippen LogP contribution in [0.15, 0.2) is 41.3 Å². The van der Waals surface area contributed by atoms with E-state index in [9.17, 15) is 13.2 Å². The second-order valence-electron chi connectivity index (χ2n) is 10.4. The molecule has 0 spiro atoms. The number of ether oxygens (including phenoxy) is 1. The van der Waals surface area contributed by atoms with E-state index in [0.717, 1.165) is 39.8 Å². The largest absolute Gasteiger partial charge is 0.371 e. The number of fused-ring (bicyclic) bond motifs is 3. The lowest BCUT2D eigenvalue weighted by atomic mass is 10.0. The Morgan fingerprint density at radius 1 is 1.11 bits per heavy atom. The maximum Gasteiger partial charge on any atom is 0.330 e. The summed E-state index contributed by atoms with van der Waals surface area (Å²) in [6.07, 6.45) is 3.64. The molecular formula is C27H34N6O4S. The Morgan fingerprint density at radius 3 is 2.53 bits per heavy atom. The molecule has 0 N–H and O–H groups in total. The number of hydrogen-bond acceptors (Lipinski definition) is 8. The van der Waals surface area contributed by atoms with Crippen LogP contribution < -0.4 is 5.69 Å². The Morgan fingerprint density at radius 2 is 1.87 bits per heavy atom. The van der Waals surface area contributed by atoms with Crippen molar-refractivity contribution in [1.29, 1.82) is 0 Å². The summed E-state index contributed by atoms with van der Waals surface area (Å²) >= 11 is 0. The highest BCUT2D eigenvalue weighted by Gasteiger charge is 2.29. The number of hydrogen-bond donors (Lipinski definition) is 0. The second-order valence-corrected chi connectivity index (χ2v) is 12.8. The normalized spacial score (nSPS) is 17.7. The molecule has 0 saturated carbocycles. The molecule has 4 heterocycles. The molecule has 2 atom stereocenters. The number of rotatable bonds is 8. The Bertz CT molecular complexity index is 1640. The van der Waals surface area contributed by atoms with Gasteiger partial charge in [-0.25, -0.2) is 13.2 Å². The molecule has 0 unspecified atom stereocenters. The van der Waals surface area contributed by atoms with Crippen LogP contribution in [0, 0.1) is 0 Å². The first-order valence-corrected chi connectivity index (χ1v) is 14.9. The molecule has 0 amide bonds. The van der Waals surface area contributed by atoms with Crippen molar-refractivity contribution in [3.63, 3.8) is 0 Å². The van der Waals surface area contributed by atoms with Crippen molar-refractivity contribution in [1.82, 2.24) is 29.2 Å². The van der Waals surface area contributed by atoms with Gasteiger partial charge in [0.05, 0.1) is 29.2 Å². The van der Waals surface area contributed by atoms with Crippen LogP contribution in [0.1, 0.15) is 45.0 Å². The van der Waals surface area contributed by atoms with E-state index in [1.165, 1.54) is 6.26 Å². The van der Waals surface area contributed by atoms with Gasteiger partial charge >= 0.3 is 5.69 Å². The summed E-state index contributed by atoms with van der Waals surface area (Å²) in [5, 5.41) is 9.25. The predicted octanol–water partition coefficient (Wildman–Crippen LogP) is 3.12. The van der Waals surface area contributed by atoms with Crippen molar-refractivity contribution >= 4 is 31.9 Å². The van der Waals surface area contributed by atoms with Crippen molar-refractivity contribution in [2.45, 2.75) is 44.6 Å². The standard InChI is InChI=1S/C27H34N6O4S/c1-17(2)33-25-22-14-19(6-9-24(22)29-30-26(25)31(4)27(33)34)20-7-8-23(28-15-20)18(3)37-13-12-32-11-10-21(16-32)38(5,35)36/h6-9,14-15,17-18,21H,10-13,16H2,1-5H3/t18-,21-/m1/s1. The van der Waals surface area contributed by atoms with Crippen molar-refractivity contribution in [3.8, 4) is 11.1 Å². The van der Waals surface area contributed by atoms with E-state index in [-0.39, 0.29) is 23.1 Å². The summed E-state index contributed by atoms with van der Waals surface area (Å²) in [4.78, 5) is 19.6. The highest BCUT2D eigenvalue weighted by atomic mass is 32.2. The fraction of sp³-hybridized carbons (Fsp3) is 0.481. The molecule has 1 saturated heterocycles. The molecule has 202 valence electrons. The van der Waals surface area contributed by atoms with E-state index in [2.05, 4.69) is 20.1 Å². The minimum Gasteiger partial charge on any atom is -0.371 e. The maximum atomic E-state index is 12.8. The summed E-state index contributed by atoms with van der Waals surface area (Å²) in [5.41, 5.74) is 4.72. The molecule has 0 aliphatic carbocycles. The van der Waals surface area contributed by atoms with Gasteiger partial charge in [0.1, 0.15) is 5.52 Å². The van der Waals surface area contributed by atoms with Crippen LogP contribution in [0.4, 0.5) is 0 Å². The van der Waals surface area contributed by atoms with Gasteiger partial charge in [-0.15, -0.1) is 10.2 Å². The van der Waals surface area contributed by atoms with Crippen LogP contribution >= 0.6 is 0 Å². The van der Waals surface area contributed by atoms with Gasteiger partial charge in [-0.3, -0.25) is 19.0 Å². The number of likely N-dealkylation sites (tertiary alicyclic amines) is 1. The van der Waals surface area contributed by atoms with Crippen molar-refractivity contribution in [3.05, 3.63) is 52.7 Å². The molecule has 38 heavy (non-hydrogen) atoms. The SMILES string of the molecule is CC(C)n1c(=O)n(C)c2nnc3ccc(-c4ccc([C@@H](C)OCCN5CC[C@@H](S(C)(=O)=O)C5)nc4)cc3c21. The number of aromatic nitrogens is 5. The van der Waals surface area contributed by atoms with Gasteiger partial charge in [-0.05, 0) is 57.5 Å². The van der Waals surface area contributed by atoms with E-state index in [1.54, 1.807) is 16.2 Å². The average molecular weight is 539 g/mol. The zero-order chi connectivity index (χ0) is 27.2. The number of sulfone groups is 1. The van der Waals surface area contributed by atoms with Gasteiger partial charge in [0, 0.05) is 49.6 Å². The van der Waals surface area contributed by atoms with Gasteiger partial charge < -0.3 is 4.74 Å². The predicted molar refractivity (Wildman–Crippen MR) is 148 cm³/mol. The molecule has 5 rings (SSSR count). The maximum absolute atomic E-state index is 12.8. The van der Waals surface area contributed by atoms with Crippen LogP contribution in [0.5, 0.6) is 0 Å². The van der Waals surface area contributed by atoms with Gasteiger partial charge in [0.2, 0.25) is 0 Å². The molecular weight excluding hydrogens is 504 g/mol. The molecule has 11 heteroatoms. The highest BCUT2D eigenvalue weighted by Crippen LogP contribution is 2.29. The van der Waals surface area contributed by atoms with Crippen LogP contribution in [-0.4, -0.2) is 75.4 Å². The molecule has 0 bridgehead atoms. The molecule has 1 aromatic carbocycles.